The van der Waals surface area contributed by atoms with E-state index >= 15 is 0 Å². The highest BCUT2D eigenvalue weighted by Gasteiger charge is 2.22. The molecule has 40 heavy (non-hydrogen) atoms. The van der Waals surface area contributed by atoms with Gasteiger partial charge in [-0.2, -0.15) is 0 Å². The van der Waals surface area contributed by atoms with Crippen molar-refractivity contribution in [1.82, 2.24) is 4.57 Å². The molecule has 4 aromatic rings. The van der Waals surface area contributed by atoms with Crippen LogP contribution in [0.2, 0.25) is 0 Å². The maximum atomic E-state index is 14.3. The van der Waals surface area contributed by atoms with Gasteiger partial charge in [-0.15, -0.1) is 0 Å². The van der Waals surface area contributed by atoms with Crippen molar-refractivity contribution < 1.29 is 27.9 Å². The second kappa shape index (κ2) is 11.7. The van der Waals surface area contributed by atoms with Gasteiger partial charge in [0.15, 0.2) is 11.6 Å². The Labute approximate surface area is 229 Å². The number of benzene rings is 3. The molecule has 0 bridgehead atoms. The lowest BCUT2D eigenvalue weighted by molar-refractivity contribution is -0.143. The SMILES string of the molecule is NCC(=O)OCc1ccccc1C(=O)n1cc(NC(=O)Nc2ccc(C3CCCC3)cc2)c2cc(F)c(F)cc21. The van der Waals surface area contributed by atoms with E-state index in [0.29, 0.717) is 17.2 Å². The second-order valence-electron chi connectivity index (χ2n) is 9.71. The average molecular weight is 547 g/mol. The molecule has 0 unspecified atom stereocenters. The zero-order valence-electron chi connectivity index (χ0n) is 21.6. The largest absolute Gasteiger partial charge is 0.460 e. The number of ether oxygens (including phenoxy) is 1. The molecule has 1 fully saturated rings. The van der Waals surface area contributed by atoms with Gasteiger partial charge in [-0.3, -0.25) is 14.2 Å². The Morgan fingerprint density at radius 2 is 1.65 bits per heavy atom. The number of nitrogens with two attached hydrogens (primary N) is 1. The van der Waals surface area contributed by atoms with Crippen LogP contribution in [0.3, 0.4) is 0 Å². The number of rotatable bonds is 7. The van der Waals surface area contributed by atoms with Crippen molar-refractivity contribution in [3.05, 3.63) is 95.2 Å². The normalized spacial score (nSPS) is 13.4. The summed E-state index contributed by atoms with van der Waals surface area (Å²) in [5.74, 6) is -2.97. The topological polar surface area (TPSA) is 115 Å². The summed E-state index contributed by atoms with van der Waals surface area (Å²) in [6.45, 7) is -0.516. The number of fused-ring (bicyclic) bond motifs is 1. The highest BCUT2D eigenvalue weighted by molar-refractivity contribution is 6.10. The summed E-state index contributed by atoms with van der Waals surface area (Å²) >= 11 is 0. The first-order valence-electron chi connectivity index (χ1n) is 13.0. The van der Waals surface area contributed by atoms with Crippen LogP contribution in [0.25, 0.3) is 10.9 Å². The minimum absolute atomic E-state index is 0.0499. The summed E-state index contributed by atoms with van der Waals surface area (Å²) in [6, 6.07) is 15.3. The van der Waals surface area contributed by atoms with Crippen LogP contribution < -0.4 is 16.4 Å². The molecule has 8 nitrogen and oxygen atoms in total. The van der Waals surface area contributed by atoms with Crippen LogP contribution in [-0.2, 0) is 16.1 Å². The molecule has 2 amide bonds. The Morgan fingerprint density at radius 1 is 0.950 bits per heavy atom. The number of carbonyl (C=O) groups is 3. The molecular formula is C30H28F2N4O4. The fourth-order valence-electron chi connectivity index (χ4n) is 5.07. The molecule has 1 heterocycles. The van der Waals surface area contributed by atoms with E-state index in [1.807, 2.05) is 24.3 Å². The van der Waals surface area contributed by atoms with Gasteiger partial charge < -0.3 is 21.1 Å². The number of anilines is 2. The van der Waals surface area contributed by atoms with Crippen LogP contribution >= 0.6 is 0 Å². The zero-order chi connectivity index (χ0) is 28.2. The number of esters is 1. The van der Waals surface area contributed by atoms with E-state index < -0.39 is 29.5 Å². The third-order valence-corrected chi connectivity index (χ3v) is 7.11. The van der Waals surface area contributed by atoms with Gasteiger partial charge in [0, 0.05) is 34.5 Å². The lowest BCUT2D eigenvalue weighted by Crippen LogP contribution is -2.19. The van der Waals surface area contributed by atoms with E-state index in [2.05, 4.69) is 10.6 Å². The van der Waals surface area contributed by atoms with Crippen molar-refractivity contribution in [2.75, 3.05) is 17.2 Å². The minimum atomic E-state index is -1.15. The Hall–Kier alpha value is -4.57. The summed E-state index contributed by atoms with van der Waals surface area (Å²) in [7, 11) is 0. The van der Waals surface area contributed by atoms with Crippen molar-refractivity contribution >= 4 is 40.2 Å². The van der Waals surface area contributed by atoms with Gasteiger partial charge in [0.05, 0.1) is 17.7 Å². The predicted molar refractivity (Wildman–Crippen MR) is 147 cm³/mol. The number of nitrogens with zero attached hydrogens (tertiary/aromatic N) is 1. The van der Waals surface area contributed by atoms with Crippen LogP contribution in [0.15, 0.2) is 66.9 Å². The van der Waals surface area contributed by atoms with Crippen molar-refractivity contribution in [3.63, 3.8) is 0 Å². The zero-order valence-corrected chi connectivity index (χ0v) is 21.6. The fourth-order valence-corrected chi connectivity index (χ4v) is 5.07. The van der Waals surface area contributed by atoms with Gasteiger partial charge in [-0.25, -0.2) is 13.6 Å². The molecule has 1 aliphatic carbocycles. The van der Waals surface area contributed by atoms with Gasteiger partial charge in [0.25, 0.3) is 5.91 Å². The van der Waals surface area contributed by atoms with Crippen LogP contribution in [0.4, 0.5) is 25.0 Å². The number of urea groups is 1. The molecule has 1 saturated carbocycles. The van der Waals surface area contributed by atoms with E-state index in [-0.39, 0.29) is 35.3 Å². The first kappa shape index (κ1) is 27.0. The number of halogens is 2. The summed E-state index contributed by atoms with van der Waals surface area (Å²) in [5.41, 5.74) is 7.81. The number of hydrogen-bond acceptors (Lipinski definition) is 5. The van der Waals surface area contributed by atoms with Crippen LogP contribution in [0.1, 0.15) is 53.1 Å². The first-order valence-corrected chi connectivity index (χ1v) is 13.0. The summed E-state index contributed by atoms with van der Waals surface area (Å²) in [4.78, 5) is 38.0. The standard InChI is InChI=1S/C30H28F2N4O4/c31-24-13-23-26(35-30(39)34-21-11-9-19(10-12-21)18-5-1-2-6-18)16-36(27(23)14-25(24)32)29(38)22-8-4-3-7-20(22)17-40-28(37)15-33/h3-4,7-14,16,18H,1-2,5-6,15,17,33H2,(H2,34,35,39). The first-order chi connectivity index (χ1) is 19.3. The van der Waals surface area contributed by atoms with Gasteiger partial charge in [-0.05, 0) is 48.6 Å². The molecular weight excluding hydrogens is 518 g/mol. The molecule has 0 saturated heterocycles. The highest BCUT2D eigenvalue weighted by Crippen LogP contribution is 2.34. The summed E-state index contributed by atoms with van der Waals surface area (Å²) in [5, 5.41) is 5.51. The Balaban J connectivity index is 1.41. The van der Waals surface area contributed by atoms with E-state index in [4.69, 9.17) is 10.5 Å². The van der Waals surface area contributed by atoms with Crippen molar-refractivity contribution in [2.24, 2.45) is 5.73 Å². The summed E-state index contributed by atoms with van der Waals surface area (Å²) in [6.07, 6.45) is 6.08. The maximum Gasteiger partial charge on any atom is 0.323 e. The number of aromatic nitrogens is 1. The molecule has 1 aliphatic rings. The van der Waals surface area contributed by atoms with Gasteiger partial charge >= 0.3 is 12.0 Å². The Morgan fingerprint density at radius 3 is 2.38 bits per heavy atom. The van der Waals surface area contributed by atoms with E-state index in [0.717, 1.165) is 29.5 Å². The third kappa shape index (κ3) is 5.72. The quantitative estimate of drug-likeness (QED) is 0.249. The van der Waals surface area contributed by atoms with E-state index in [9.17, 15) is 23.2 Å². The second-order valence-corrected chi connectivity index (χ2v) is 9.71. The summed E-state index contributed by atoms with van der Waals surface area (Å²) < 4.78 is 34.7. The fraction of sp³-hybridized carbons (Fsp3) is 0.233. The van der Waals surface area contributed by atoms with Gasteiger partial charge in [-0.1, -0.05) is 43.2 Å². The van der Waals surface area contributed by atoms with Crippen LogP contribution in [0, 0.1) is 11.6 Å². The minimum Gasteiger partial charge on any atom is -0.460 e. The molecule has 206 valence electrons. The molecule has 0 atom stereocenters. The molecule has 0 radical (unpaired) electrons. The van der Waals surface area contributed by atoms with Gasteiger partial charge in [0.2, 0.25) is 0 Å². The highest BCUT2D eigenvalue weighted by atomic mass is 19.2. The molecule has 1 aromatic heterocycles. The number of amides is 2. The smallest absolute Gasteiger partial charge is 0.323 e. The lowest BCUT2D eigenvalue weighted by atomic mass is 9.98. The van der Waals surface area contributed by atoms with E-state index in [1.165, 1.54) is 30.7 Å². The third-order valence-electron chi connectivity index (χ3n) is 7.11. The van der Waals surface area contributed by atoms with Crippen molar-refractivity contribution in [2.45, 2.75) is 38.2 Å². The lowest BCUT2D eigenvalue weighted by Gasteiger charge is -2.11. The Bertz CT molecular complexity index is 1580. The molecule has 0 aliphatic heterocycles. The van der Waals surface area contributed by atoms with Crippen molar-refractivity contribution in [3.8, 4) is 0 Å². The van der Waals surface area contributed by atoms with Crippen LogP contribution in [0.5, 0.6) is 0 Å². The molecule has 10 heteroatoms. The van der Waals surface area contributed by atoms with E-state index in [1.54, 1.807) is 18.2 Å². The maximum absolute atomic E-state index is 14.3. The molecule has 0 spiro atoms. The average Bonchev–Trinajstić information content (AvgIpc) is 3.61. The number of carbonyl (C=O) groups excluding carboxylic acids is 3. The van der Waals surface area contributed by atoms with Gasteiger partial charge in [0.1, 0.15) is 6.61 Å². The van der Waals surface area contributed by atoms with Crippen molar-refractivity contribution in [1.29, 1.82) is 0 Å². The number of nitrogens with one attached hydrogen (secondary N) is 2. The molecule has 4 N–H and O–H groups in total. The predicted octanol–water partition coefficient (Wildman–Crippen LogP) is 5.91. The van der Waals surface area contributed by atoms with Crippen LogP contribution in [-0.4, -0.2) is 29.0 Å². The Kier molecular flexibility index (Phi) is 7.88. The monoisotopic (exact) mass is 546 g/mol. The number of hydrogen-bond donors (Lipinski definition) is 3. The molecule has 3 aromatic carbocycles. The molecule has 5 rings (SSSR count).